The van der Waals surface area contributed by atoms with Crippen molar-refractivity contribution in [2.75, 3.05) is 33.5 Å². The lowest BCUT2D eigenvalue weighted by Crippen LogP contribution is -2.19. The first-order valence-electron chi connectivity index (χ1n) is 7.41. The maximum Gasteiger partial charge on any atom is 0.119 e. The molecule has 1 fully saturated rings. The molecule has 1 aliphatic rings. The lowest BCUT2D eigenvalue weighted by Gasteiger charge is -2.10. The van der Waals surface area contributed by atoms with Gasteiger partial charge in [0.15, 0.2) is 0 Å². The maximum absolute atomic E-state index is 5.62. The Hall–Kier alpha value is -1.10. The van der Waals surface area contributed by atoms with E-state index in [1.54, 1.807) is 7.11 Å². The second kappa shape index (κ2) is 8.95. The minimum atomic E-state index is 0.333. The van der Waals surface area contributed by atoms with E-state index in [0.29, 0.717) is 6.10 Å². The minimum Gasteiger partial charge on any atom is -0.497 e. The van der Waals surface area contributed by atoms with Crippen LogP contribution in [0.4, 0.5) is 0 Å². The number of nitrogens with one attached hydrogen (secondary N) is 1. The van der Waals surface area contributed by atoms with Crippen LogP contribution in [0.15, 0.2) is 24.3 Å². The Morgan fingerprint density at radius 3 is 3.15 bits per heavy atom. The van der Waals surface area contributed by atoms with Gasteiger partial charge in [-0.25, -0.2) is 0 Å². The van der Waals surface area contributed by atoms with Crippen LogP contribution in [0.25, 0.3) is 0 Å². The second-order valence-corrected chi connectivity index (χ2v) is 5.09. The largest absolute Gasteiger partial charge is 0.497 e. The van der Waals surface area contributed by atoms with Gasteiger partial charge < -0.3 is 19.5 Å². The van der Waals surface area contributed by atoms with Crippen LogP contribution < -0.4 is 10.1 Å². The molecule has 0 saturated carbocycles. The summed E-state index contributed by atoms with van der Waals surface area (Å²) in [5, 5.41) is 3.41. The number of methoxy groups -OCH3 is 1. The van der Waals surface area contributed by atoms with Crippen LogP contribution in [0.2, 0.25) is 0 Å². The van der Waals surface area contributed by atoms with Gasteiger partial charge in [-0.2, -0.15) is 0 Å². The fourth-order valence-corrected chi connectivity index (χ4v) is 2.30. The Morgan fingerprint density at radius 2 is 2.35 bits per heavy atom. The smallest absolute Gasteiger partial charge is 0.119 e. The fraction of sp³-hybridized carbons (Fsp3) is 0.625. The van der Waals surface area contributed by atoms with Gasteiger partial charge in [0, 0.05) is 19.8 Å². The van der Waals surface area contributed by atoms with Crippen LogP contribution in [0.1, 0.15) is 24.8 Å². The zero-order valence-corrected chi connectivity index (χ0v) is 12.3. The van der Waals surface area contributed by atoms with Gasteiger partial charge >= 0.3 is 0 Å². The normalized spacial score (nSPS) is 18.4. The summed E-state index contributed by atoms with van der Waals surface area (Å²) in [6.07, 6.45) is 3.68. The quantitative estimate of drug-likeness (QED) is 0.705. The summed E-state index contributed by atoms with van der Waals surface area (Å²) in [6, 6.07) is 8.13. The average molecular weight is 279 g/mol. The summed E-state index contributed by atoms with van der Waals surface area (Å²) in [6.45, 7) is 4.27. The van der Waals surface area contributed by atoms with Crippen LogP contribution in [0.5, 0.6) is 5.75 Å². The van der Waals surface area contributed by atoms with Gasteiger partial charge in [-0.15, -0.1) is 0 Å². The molecular weight excluding hydrogens is 254 g/mol. The summed E-state index contributed by atoms with van der Waals surface area (Å²) < 4.78 is 16.3. The topological polar surface area (TPSA) is 39.7 Å². The van der Waals surface area contributed by atoms with Crippen LogP contribution in [0, 0.1) is 0 Å². The zero-order valence-electron chi connectivity index (χ0n) is 12.3. The van der Waals surface area contributed by atoms with E-state index in [1.807, 2.05) is 12.1 Å². The highest BCUT2D eigenvalue weighted by Gasteiger charge is 2.14. The number of rotatable bonds is 9. The summed E-state index contributed by atoms with van der Waals surface area (Å²) in [7, 11) is 1.69. The van der Waals surface area contributed by atoms with Gasteiger partial charge in [0.2, 0.25) is 0 Å². The maximum atomic E-state index is 5.62. The van der Waals surface area contributed by atoms with Crippen LogP contribution >= 0.6 is 0 Å². The van der Waals surface area contributed by atoms with Crippen molar-refractivity contribution >= 4 is 0 Å². The summed E-state index contributed by atoms with van der Waals surface area (Å²) in [5.74, 6) is 0.907. The van der Waals surface area contributed by atoms with Crippen molar-refractivity contribution in [1.82, 2.24) is 5.32 Å². The first-order valence-corrected chi connectivity index (χ1v) is 7.41. The molecule has 0 aliphatic carbocycles. The molecular formula is C16H25NO3. The molecule has 20 heavy (non-hydrogen) atoms. The van der Waals surface area contributed by atoms with Gasteiger partial charge in [0.1, 0.15) is 5.75 Å². The van der Waals surface area contributed by atoms with Crippen molar-refractivity contribution in [3.63, 3.8) is 0 Å². The van der Waals surface area contributed by atoms with Crippen molar-refractivity contribution in [3.8, 4) is 5.75 Å². The average Bonchev–Trinajstić information content (AvgIpc) is 3.00. The molecule has 1 unspecified atom stereocenters. The van der Waals surface area contributed by atoms with E-state index < -0.39 is 0 Å². The van der Waals surface area contributed by atoms with Crippen LogP contribution in [-0.4, -0.2) is 39.6 Å². The van der Waals surface area contributed by atoms with Crippen molar-refractivity contribution in [2.45, 2.75) is 31.9 Å². The molecule has 1 heterocycles. The third kappa shape index (κ3) is 5.49. The third-order valence-electron chi connectivity index (χ3n) is 3.43. The number of ether oxygens (including phenoxy) is 3. The third-order valence-corrected chi connectivity index (χ3v) is 3.43. The first-order chi connectivity index (χ1) is 9.88. The molecule has 2 rings (SSSR count). The Bertz CT molecular complexity index is 378. The SMILES string of the molecule is COc1cccc(CNCCCOCC2CCCO2)c1. The monoisotopic (exact) mass is 279 g/mol. The fourth-order valence-electron chi connectivity index (χ4n) is 2.30. The molecule has 0 amide bonds. The molecule has 4 heteroatoms. The van der Waals surface area contributed by atoms with Crippen molar-refractivity contribution < 1.29 is 14.2 Å². The molecule has 4 nitrogen and oxygen atoms in total. The molecule has 1 aliphatic heterocycles. The van der Waals surface area contributed by atoms with Gasteiger partial charge in [0.25, 0.3) is 0 Å². The molecule has 1 aromatic rings. The van der Waals surface area contributed by atoms with Crippen LogP contribution in [-0.2, 0) is 16.0 Å². The van der Waals surface area contributed by atoms with Crippen molar-refractivity contribution in [3.05, 3.63) is 29.8 Å². The number of hydrogen-bond acceptors (Lipinski definition) is 4. The number of hydrogen-bond donors (Lipinski definition) is 1. The van der Waals surface area contributed by atoms with E-state index in [2.05, 4.69) is 17.4 Å². The standard InChI is InChI=1S/C16H25NO3/c1-18-15-6-2-5-14(11-15)12-17-8-4-9-19-13-16-7-3-10-20-16/h2,5-6,11,16-17H,3-4,7-10,12-13H2,1H3. The molecule has 1 atom stereocenters. The molecule has 0 radical (unpaired) electrons. The molecule has 1 aromatic carbocycles. The van der Waals surface area contributed by atoms with Gasteiger partial charge in [0.05, 0.1) is 19.8 Å². The predicted octanol–water partition coefficient (Wildman–Crippen LogP) is 2.37. The van der Waals surface area contributed by atoms with E-state index in [-0.39, 0.29) is 0 Å². The zero-order chi connectivity index (χ0) is 14.0. The van der Waals surface area contributed by atoms with Gasteiger partial charge in [-0.1, -0.05) is 12.1 Å². The highest BCUT2D eigenvalue weighted by atomic mass is 16.5. The van der Waals surface area contributed by atoms with E-state index in [4.69, 9.17) is 14.2 Å². The summed E-state index contributed by atoms with van der Waals surface area (Å²) in [4.78, 5) is 0. The molecule has 0 spiro atoms. The van der Waals surface area contributed by atoms with E-state index in [9.17, 15) is 0 Å². The minimum absolute atomic E-state index is 0.333. The van der Waals surface area contributed by atoms with Crippen molar-refractivity contribution in [2.24, 2.45) is 0 Å². The Kier molecular flexibility index (Phi) is 6.84. The summed E-state index contributed by atoms with van der Waals surface area (Å²) in [5.41, 5.74) is 1.24. The molecule has 0 bridgehead atoms. The molecule has 1 saturated heterocycles. The Morgan fingerprint density at radius 1 is 1.40 bits per heavy atom. The van der Waals surface area contributed by atoms with Gasteiger partial charge in [-0.05, 0) is 43.5 Å². The molecule has 1 N–H and O–H groups in total. The number of benzene rings is 1. The van der Waals surface area contributed by atoms with E-state index in [0.717, 1.165) is 51.5 Å². The molecule has 0 aromatic heterocycles. The highest BCUT2D eigenvalue weighted by Crippen LogP contribution is 2.12. The lowest BCUT2D eigenvalue weighted by atomic mass is 10.2. The van der Waals surface area contributed by atoms with E-state index >= 15 is 0 Å². The predicted molar refractivity (Wildman–Crippen MR) is 79.1 cm³/mol. The summed E-state index contributed by atoms with van der Waals surface area (Å²) >= 11 is 0. The second-order valence-electron chi connectivity index (χ2n) is 5.09. The highest BCUT2D eigenvalue weighted by molar-refractivity contribution is 5.28. The van der Waals surface area contributed by atoms with Crippen LogP contribution in [0.3, 0.4) is 0 Å². The van der Waals surface area contributed by atoms with E-state index in [1.165, 1.54) is 12.0 Å². The molecule has 112 valence electrons. The Labute approximate surface area is 121 Å². The Balaban J connectivity index is 1.48. The lowest BCUT2D eigenvalue weighted by molar-refractivity contribution is 0.0166. The van der Waals surface area contributed by atoms with Gasteiger partial charge in [-0.3, -0.25) is 0 Å². The first kappa shape index (κ1) is 15.3. The van der Waals surface area contributed by atoms with Crippen molar-refractivity contribution in [1.29, 1.82) is 0 Å².